The average molecular weight is 252 g/mol. The first-order chi connectivity index (χ1) is 8.54. The Hall–Kier alpha value is -0.940. The number of rotatable bonds is 4. The van der Waals surface area contributed by atoms with E-state index in [0.29, 0.717) is 6.04 Å². The van der Waals surface area contributed by atoms with Gasteiger partial charge in [0.25, 0.3) is 0 Å². The summed E-state index contributed by atoms with van der Waals surface area (Å²) >= 11 is 0. The minimum Gasteiger partial charge on any atom is -0.343 e. The lowest BCUT2D eigenvalue weighted by molar-refractivity contribution is 0.126. The second kappa shape index (κ2) is 5.80. The van der Waals surface area contributed by atoms with Crippen LogP contribution < -0.4 is 5.32 Å². The van der Waals surface area contributed by atoms with E-state index in [4.69, 9.17) is 4.52 Å². The summed E-state index contributed by atoms with van der Waals surface area (Å²) in [5.74, 6) is 0.789. The summed E-state index contributed by atoms with van der Waals surface area (Å²) in [5, 5.41) is 7.50. The summed E-state index contributed by atoms with van der Waals surface area (Å²) in [6.45, 7) is 9.58. The maximum absolute atomic E-state index is 4.80. The predicted molar refractivity (Wildman–Crippen MR) is 70.1 cm³/mol. The van der Waals surface area contributed by atoms with Crippen LogP contribution in [0.3, 0.4) is 0 Å². The third-order valence-corrected chi connectivity index (χ3v) is 3.37. The summed E-state index contributed by atoms with van der Waals surface area (Å²) in [5.41, 5.74) is 0.176. The summed E-state index contributed by atoms with van der Waals surface area (Å²) in [7, 11) is 0. The molecule has 0 amide bonds. The van der Waals surface area contributed by atoms with Gasteiger partial charge in [-0.05, 0) is 40.2 Å². The molecule has 5 nitrogen and oxygen atoms in total. The highest BCUT2D eigenvalue weighted by Crippen LogP contribution is 2.18. The first-order valence-electron chi connectivity index (χ1n) is 6.79. The maximum atomic E-state index is 4.80. The Morgan fingerprint density at radius 3 is 2.94 bits per heavy atom. The van der Waals surface area contributed by atoms with E-state index < -0.39 is 0 Å². The van der Waals surface area contributed by atoms with Crippen molar-refractivity contribution in [1.82, 2.24) is 20.4 Å². The van der Waals surface area contributed by atoms with Crippen LogP contribution in [0.1, 0.15) is 45.9 Å². The van der Waals surface area contributed by atoms with Crippen molar-refractivity contribution < 1.29 is 4.52 Å². The van der Waals surface area contributed by atoms with Gasteiger partial charge in [0, 0.05) is 18.1 Å². The monoisotopic (exact) mass is 252 g/mol. The second-order valence-corrected chi connectivity index (χ2v) is 6.10. The fourth-order valence-corrected chi connectivity index (χ4v) is 2.37. The van der Waals surface area contributed by atoms with Gasteiger partial charge in [0.1, 0.15) is 0 Å². The number of nitrogens with zero attached hydrogens (tertiary/aromatic N) is 3. The molecule has 1 aromatic rings. The first-order valence-corrected chi connectivity index (χ1v) is 6.79. The average Bonchev–Trinajstić information content (AvgIpc) is 2.80. The van der Waals surface area contributed by atoms with Gasteiger partial charge in [0.15, 0.2) is 5.82 Å². The van der Waals surface area contributed by atoms with Crippen molar-refractivity contribution in [1.29, 1.82) is 0 Å². The number of hydrogen-bond donors (Lipinski definition) is 1. The van der Waals surface area contributed by atoms with Gasteiger partial charge in [-0.3, -0.25) is 4.90 Å². The predicted octanol–water partition coefficient (Wildman–Crippen LogP) is 1.81. The van der Waals surface area contributed by atoms with Crippen molar-refractivity contribution in [2.24, 2.45) is 0 Å². The standard InChI is InChI=1S/C13H24N4O/c1-13(2,3)15-8-11-6-4-5-7-17(11)9-12-14-10-18-16-12/h10-11,15H,4-9H2,1-3H3. The summed E-state index contributed by atoms with van der Waals surface area (Å²) in [6, 6.07) is 0.580. The van der Waals surface area contributed by atoms with Gasteiger partial charge in [-0.15, -0.1) is 0 Å². The summed E-state index contributed by atoms with van der Waals surface area (Å²) in [4.78, 5) is 6.58. The van der Waals surface area contributed by atoms with Crippen molar-refractivity contribution in [2.75, 3.05) is 13.1 Å². The molecular weight excluding hydrogens is 228 g/mol. The van der Waals surface area contributed by atoms with Crippen LogP contribution in [0.25, 0.3) is 0 Å². The highest BCUT2D eigenvalue weighted by Gasteiger charge is 2.24. The van der Waals surface area contributed by atoms with Gasteiger partial charge >= 0.3 is 0 Å². The SMILES string of the molecule is CC(C)(C)NCC1CCCCN1Cc1ncon1. The molecule has 1 saturated heterocycles. The normalized spacial score (nSPS) is 22.3. The lowest BCUT2D eigenvalue weighted by Gasteiger charge is -2.36. The van der Waals surface area contributed by atoms with Gasteiger partial charge in [0.05, 0.1) is 6.54 Å². The quantitative estimate of drug-likeness (QED) is 0.885. The maximum Gasteiger partial charge on any atom is 0.213 e. The van der Waals surface area contributed by atoms with Crippen LogP contribution in [0, 0.1) is 0 Å². The first kappa shape index (κ1) is 13.5. The molecular formula is C13H24N4O. The highest BCUT2D eigenvalue weighted by atomic mass is 16.5. The van der Waals surface area contributed by atoms with Gasteiger partial charge in [0.2, 0.25) is 6.39 Å². The Morgan fingerprint density at radius 1 is 1.44 bits per heavy atom. The lowest BCUT2D eigenvalue weighted by atomic mass is 10.0. The van der Waals surface area contributed by atoms with Crippen molar-refractivity contribution in [3.05, 3.63) is 12.2 Å². The van der Waals surface area contributed by atoms with Crippen LogP contribution in [-0.2, 0) is 6.54 Å². The van der Waals surface area contributed by atoms with E-state index in [1.54, 1.807) is 0 Å². The van der Waals surface area contributed by atoms with Crippen molar-refractivity contribution in [2.45, 2.75) is 58.2 Å². The smallest absolute Gasteiger partial charge is 0.213 e. The van der Waals surface area contributed by atoms with Crippen LogP contribution in [0.2, 0.25) is 0 Å². The summed E-state index contributed by atoms with van der Waals surface area (Å²) in [6.07, 6.45) is 5.24. The molecule has 0 bridgehead atoms. The molecule has 1 aromatic heterocycles. The van der Waals surface area contributed by atoms with E-state index in [9.17, 15) is 0 Å². The van der Waals surface area contributed by atoms with Gasteiger partial charge in [-0.25, -0.2) is 0 Å². The van der Waals surface area contributed by atoms with E-state index in [-0.39, 0.29) is 5.54 Å². The fraction of sp³-hybridized carbons (Fsp3) is 0.846. The van der Waals surface area contributed by atoms with Crippen LogP contribution in [0.15, 0.2) is 10.9 Å². The van der Waals surface area contributed by atoms with E-state index >= 15 is 0 Å². The van der Waals surface area contributed by atoms with Crippen molar-refractivity contribution in [3.8, 4) is 0 Å². The summed E-state index contributed by atoms with van der Waals surface area (Å²) < 4.78 is 4.80. The van der Waals surface area contributed by atoms with Crippen LogP contribution >= 0.6 is 0 Å². The minimum atomic E-state index is 0.176. The Labute approximate surface area is 109 Å². The van der Waals surface area contributed by atoms with E-state index in [1.807, 2.05) is 0 Å². The fourth-order valence-electron chi connectivity index (χ4n) is 2.37. The van der Waals surface area contributed by atoms with Crippen LogP contribution in [0.4, 0.5) is 0 Å². The third-order valence-electron chi connectivity index (χ3n) is 3.37. The molecule has 0 aliphatic carbocycles. The molecule has 2 rings (SSSR count). The van der Waals surface area contributed by atoms with Crippen LogP contribution in [-0.4, -0.2) is 39.7 Å². The molecule has 102 valence electrons. The second-order valence-electron chi connectivity index (χ2n) is 6.10. The molecule has 0 radical (unpaired) electrons. The zero-order valence-corrected chi connectivity index (χ0v) is 11.6. The molecule has 1 aliphatic heterocycles. The number of hydrogen-bond acceptors (Lipinski definition) is 5. The Balaban J connectivity index is 1.89. The van der Waals surface area contributed by atoms with Crippen LogP contribution in [0.5, 0.6) is 0 Å². The number of nitrogens with one attached hydrogen (secondary N) is 1. The molecule has 2 heterocycles. The Kier molecular flexibility index (Phi) is 4.35. The topological polar surface area (TPSA) is 54.2 Å². The zero-order valence-electron chi connectivity index (χ0n) is 11.6. The van der Waals surface area contributed by atoms with Gasteiger partial charge in [-0.1, -0.05) is 11.6 Å². The molecule has 1 fully saturated rings. The lowest BCUT2D eigenvalue weighted by Crippen LogP contribution is -2.49. The Bertz CT molecular complexity index is 344. The molecule has 1 atom stereocenters. The molecule has 0 saturated carbocycles. The zero-order chi connectivity index (χ0) is 13.0. The van der Waals surface area contributed by atoms with Gasteiger partial charge < -0.3 is 9.84 Å². The van der Waals surface area contributed by atoms with Crippen molar-refractivity contribution in [3.63, 3.8) is 0 Å². The van der Waals surface area contributed by atoms with Crippen molar-refractivity contribution >= 4 is 0 Å². The number of likely N-dealkylation sites (tertiary alicyclic amines) is 1. The van der Waals surface area contributed by atoms with E-state index in [2.05, 4.69) is 41.1 Å². The third kappa shape index (κ3) is 4.07. The van der Waals surface area contributed by atoms with E-state index in [0.717, 1.165) is 25.5 Å². The van der Waals surface area contributed by atoms with E-state index in [1.165, 1.54) is 25.7 Å². The molecule has 1 aliphatic rings. The molecule has 18 heavy (non-hydrogen) atoms. The molecule has 1 N–H and O–H groups in total. The molecule has 0 spiro atoms. The number of piperidine rings is 1. The molecule has 5 heteroatoms. The Morgan fingerprint density at radius 2 is 2.28 bits per heavy atom. The van der Waals surface area contributed by atoms with Gasteiger partial charge in [-0.2, -0.15) is 4.98 Å². The number of aromatic nitrogens is 2. The molecule has 0 aromatic carbocycles. The molecule has 1 unspecified atom stereocenters. The highest BCUT2D eigenvalue weighted by molar-refractivity contribution is 4.86. The minimum absolute atomic E-state index is 0.176. The largest absolute Gasteiger partial charge is 0.343 e.